The van der Waals surface area contributed by atoms with E-state index in [2.05, 4.69) is 33.3 Å². The van der Waals surface area contributed by atoms with Gasteiger partial charge in [-0.05, 0) is 24.1 Å². The molecule has 4 rings (SSSR count). The van der Waals surface area contributed by atoms with Crippen LogP contribution in [-0.2, 0) is 19.5 Å². The van der Waals surface area contributed by atoms with Crippen LogP contribution in [0.2, 0.25) is 0 Å². The molecular formula is C21H24N4O. The van der Waals surface area contributed by atoms with Gasteiger partial charge in [-0.1, -0.05) is 36.4 Å². The minimum absolute atomic E-state index is 0.240. The first-order valence-corrected chi connectivity index (χ1v) is 9.12. The number of benzene rings is 1. The predicted molar refractivity (Wildman–Crippen MR) is 100 cm³/mol. The monoisotopic (exact) mass is 348 g/mol. The molecule has 0 saturated carbocycles. The van der Waals surface area contributed by atoms with E-state index in [1.165, 1.54) is 11.1 Å². The van der Waals surface area contributed by atoms with Gasteiger partial charge in [0.25, 0.3) is 0 Å². The largest absolute Gasteiger partial charge is 0.391 e. The van der Waals surface area contributed by atoms with Gasteiger partial charge in [-0.25, -0.2) is 0 Å². The topological polar surface area (TPSA) is 54.2 Å². The van der Waals surface area contributed by atoms with Crippen LogP contribution in [0.15, 0.2) is 67.1 Å². The van der Waals surface area contributed by atoms with Crippen molar-refractivity contribution in [3.63, 3.8) is 0 Å². The molecular weight excluding hydrogens is 324 g/mol. The summed E-state index contributed by atoms with van der Waals surface area (Å²) in [5.74, 6) is 0.240. The van der Waals surface area contributed by atoms with Crippen molar-refractivity contribution in [1.29, 1.82) is 0 Å². The molecule has 0 radical (unpaired) electrons. The molecule has 0 aliphatic carbocycles. The lowest BCUT2D eigenvalue weighted by Gasteiger charge is -2.14. The van der Waals surface area contributed by atoms with Gasteiger partial charge < -0.3 is 5.11 Å². The van der Waals surface area contributed by atoms with Crippen LogP contribution >= 0.6 is 0 Å². The van der Waals surface area contributed by atoms with Gasteiger partial charge in [0.1, 0.15) is 0 Å². The smallest absolute Gasteiger partial charge is 0.0711 e. The number of aromatic nitrogens is 3. The standard InChI is InChI=1S/C21H24N4O/c26-21-16-24(15-19(21)10-20-8-4-5-9-22-20)12-18-11-23-25(14-18)13-17-6-2-1-3-7-17/h1-9,11,14,19,21,26H,10,12-13,15-16H2/t19-,21-/m1/s1. The van der Waals surface area contributed by atoms with E-state index in [0.29, 0.717) is 6.54 Å². The summed E-state index contributed by atoms with van der Waals surface area (Å²) in [5.41, 5.74) is 3.48. The van der Waals surface area contributed by atoms with E-state index in [4.69, 9.17) is 0 Å². The van der Waals surface area contributed by atoms with Crippen LogP contribution in [-0.4, -0.2) is 44.0 Å². The van der Waals surface area contributed by atoms with Gasteiger partial charge in [-0.15, -0.1) is 0 Å². The second-order valence-corrected chi connectivity index (χ2v) is 7.08. The molecule has 2 atom stereocenters. The van der Waals surface area contributed by atoms with Crippen LogP contribution in [0.4, 0.5) is 0 Å². The Kier molecular flexibility index (Phi) is 5.09. The second kappa shape index (κ2) is 7.81. The van der Waals surface area contributed by atoms with Crippen molar-refractivity contribution < 1.29 is 5.11 Å². The van der Waals surface area contributed by atoms with Crippen molar-refractivity contribution in [2.24, 2.45) is 5.92 Å². The van der Waals surface area contributed by atoms with Gasteiger partial charge in [0.15, 0.2) is 0 Å². The molecule has 1 N–H and O–H groups in total. The highest BCUT2D eigenvalue weighted by Gasteiger charge is 2.31. The Morgan fingerprint density at radius 2 is 1.81 bits per heavy atom. The molecule has 1 aliphatic rings. The molecule has 3 heterocycles. The third-order valence-electron chi connectivity index (χ3n) is 4.96. The first-order chi connectivity index (χ1) is 12.8. The van der Waals surface area contributed by atoms with Crippen LogP contribution in [0.3, 0.4) is 0 Å². The van der Waals surface area contributed by atoms with Gasteiger partial charge in [0.05, 0.1) is 18.8 Å². The van der Waals surface area contributed by atoms with E-state index in [0.717, 1.165) is 31.7 Å². The number of aliphatic hydroxyl groups is 1. The number of β-amino-alcohol motifs (C(OH)–C–C–N with tert-alkyl or cyclic N) is 1. The summed E-state index contributed by atoms with van der Waals surface area (Å²) in [4.78, 5) is 6.69. The molecule has 0 bridgehead atoms. The van der Waals surface area contributed by atoms with Crippen LogP contribution in [0.25, 0.3) is 0 Å². The minimum atomic E-state index is -0.295. The molecule has 1 aliphatic heterocycles. The van der Waals surface area contributed by atoms with Crippen molar-refractivity contribution in [3.05, 3.63) is 83.9 Å². The van der Waals surface area contributed by atoms with Gasteiger partial charge in [0, 0.05) is 49.2 Å². The van der Waals surface area contributed by atoms with Crippen molar-refractivity contribution >= 4 is 0 Å². The third kappa shape index (κ3) is 4.18. The average Bonchev–Trinajstić information content (AvgIpc) is 3.23. The maximum absolute atomic E-state index is 10.4. The number of aliphatic hydroxyl groups excluding tert-OH is 1. The quantitative estimate of drug-likeness (QED) is 0.743. The summed E-state index contributed by atoms with van der Waals surface area (Å²) in [6.45, 7) is 3.21. The van der Waals surface area contributed by atoms with E-state index in [-0.39, 0.29) is 12.0 Å². The summed E-state index contributed by atoms with van der Waals surface area (Å²) in [7, 11) is 0. The van der Waals surface area contributed by atoms with Gasteiger partial charge >= 0.3 is 0 Å². The van der Waals surface area contributed by atoms with Crippen molar-refractivity contribution in [2.45, 2.75) is 25.6 Å². The highest BCUT2D eigenvalue weighted by molar-refractivity contribution is 5.16. The Hall–Kier alpha value is -2.50. The zero-order valence-corrected chi connectivity index (χ0v) is 14.8. The molecule has 5 heteroatoms. The number of rotatable bonds is 6. The minimum Gasteiger partial charge on any atom is -0.391 e. The maximum atomic E-state index is 10.4. The van der Waals surface area contributed by atoms with E-state index >= 15 is 0 Å². The Morgan fingerprint density at radius 3 is 2.62 bits per heavy atom. The van der Waals surface area contributed by atoms with Crippen molar-refractivity contribution in [2.75, 3.05) is 13.1 Å². The highest BCUT2D eigenvalue weighted by atomic mass is 16.3. The van der Waals surface area contributed by atoms with Crippen LogP contribution in [0, 0.1) is 5.92 Å². The lowest BCUT2D eigenvalue weighted by atomic mass is 10.00. The average molecular weight is 348 g/mol. The molecule has 0 unspecified atom stereocenters. The van der Waals surface area contributed by atoms with Crippen LogP contribution in [0.1, 0.15) is 16.8 Å². The zero-order valence-electron chi connectivity index (χ0n) is 14.8. The van der Waals surface area contributed by atoms with Crippen LogP contribution in [0.5, 0.6) is 0 Å². The number of hydrogen-bond acceptors (Lipinski definition) is 4. The second-order valence-electron chi connectivity index (χ2n) is 7.08. The number of pyridine rings is 1. The molecule has 1 aromatic carbocycles. The lowest BCUT2D eigenvalue weighted by Crippen LogP contribution is -2.21. The fourth-order valence-corrected chi connectivity index (χ4v) is 3.66. The highest BCUT2D eigenvalue weighted by Crippen LogP contribution is 2.22. The molecule has 5 nitrogen and oxygen atoms in total. The normalized spacial score (nSPS) is 20.5. The summed E-state index contributed by atoms with van der Waals surface area (Å²) < 4.78 is 1.97. The number of hydrogen-bond donors (Lipinski definition) is 1. The number of likely N-dealkylation sites (tertiary alicyclic amines) is 1. The Labute approximate surface area is 153 Å². The van der Waals surface area contributed by atoms with Gasteiger partial charge in [-0.3, -0.25) is 14.6 Å². The molecule has 1 saturated heterocycles. The SMILES string of the molecule is O[C@@H]1CN(Cc2cnn(Cc3ccccc3)c2)C[C@H]1Cc1ccccn1. The van der Waals surface area contributed by atoms with E-state index in [9.17, 15) is 5.11 Å². The van der Waals surface area contributed by atoms with E-state index in [1.807, 2.05) is 53.5 Å². The first-order valence-electron chi connectivity index (χ1n) is 9.12. The van der Waals surface area contributed by atoms with Crippen LogP contribution < -0.4 is 0 Å². The van der Waals surface area contributed by atoms with Crippen molar-refractivity contribution in [3.8, 4) is 0 Å². The van der Waals surface area contributed by atoms with Gasteiger partial charge in [-0.2, -0.15) is 5.10 Å². The molecule has 0 amide bonds. The van der Waals surface area contributed by atoms with Crippen molar-refractivity contribution in [1.82, 2.24) is 19.7 Å². The Morgan fingerprint density at radius 1 is 0.962 bits per heavy atom. The molecule has 26 heavy (non-hydrogen) atoms. The molecule has 2 aromatic heterocycles. The predicted octanol–water partition coefficient (Wildman–Crippen LogP) is 2.36. The van der Waals surface area contributed by atoms with Gasteiger partial charge in [0.2, 0.25) is 0 Å². The third-order valence-corrected chi connectivity index (χ3v) is 4.96. The maximum Gasteiger partial charge on any atom is 0.0711 e. The Bertz CT molecular complexity index is 818. The number of nitrogens with zero attached hydrogens (tertiary/aromatic N) is 4. The fraction of sp³-hybridized carbons (Fsp3) is 0.333. The first kappa shape index (κ1) is 16.9. The Balaban J connectivity index is 1.33. The fourth-order valence-electron chi connectivity index (χ4n) is 3.66. The summed E-state index contributed by atoms with van der Waals surface area (Å²) in [6, 6.07) is 16.3. The molecule has 0 spiro atoms. The van der Waals surface area contributed by atoms with E-state index in [1.54, 1.807) is 0 Å². The lowest BCUT2D eigenvalue weighted by molar-refractivity contribution is 0.140. The molecule has 134 valence electrons. The summed E-state index contributed by atoms with van der Waals surface area (Å²) in [5, 5.41) is 14.9. The zero-order chi connectivity index (χ0) is 17.8. The summed E-state index contributed by atoms with van der Waals surface area (Å²) >= 11 is 0. The van der Waals surface area contributed by atoms with E-state index < -0.39 is 0 Å². The molecule has 3 aromatic rings. The summed E-state index contributed by atoms with van der Waals surface area (Å²) in [6.07, 6.45) is 6.38. The molecule has 1 fully saturated rings.